The Morgan fingerprint density at radius 3 is 2.46 bits per heavy atom. The molecule has 1 N–H and O–H groups in total. The van der Waals surface area contributed by atoms with E-state index in [2.05, 4.69) is 21.2 Å². The van der Waals surface area contributed by atoms with Crippen LogP contribution in [0.1, 0.15) is 18.1 Å². The van der Waals surface area contributed by atoms with Crippen LogP contribution in [0.5, 0.6) is 11.5 Å². The monoisotopic (exact) mass is 570 g/mol. The van der Waals surface area contributed by atoms with Crippen LogP contribution in [0.25, 0.3) is 6.08 Å². The third-order valence-electron chi connectivity index (χ3n) is 5.06. The number of benzene rings is 3. The van der Waals surface area contributed by atoms with Crippen LogP contribution in [0.4, 0.5) is 5.69 Å². The molecular weight excluding hydrogens is 552 g/mol. The van der Waals surface area contributed by atoms with Gasteiger partial charge in [-0.15, -0.1) is 0 Å². The summed E-state index contributed by atoms with van der Waals surface area (Å²) in [6.45, 7) is 2.57. The predicted molar refractivity (Wildman–Crippen MR) is 144 cm³/mol. The molecule has 2 amide bonds. The first-order chi connectivity index (χ1) is 16.9. The van der Waals surface area contributed by atoms with Crippen LogP contribution in [0.2, 0.25) is 5.02 Å². The van der Waals surface area contributed by atoms with Crippen molar-refractivity contribution >= 4 is 68.4 Å². The summed E-state index contributed by atoms with van der Waals surface area (Å²) in [6, 6.07) is 19.7. The van der Waals surface area contributed by atoms with Crippen molar-refractivity contribution in [1.82, 2.24) is 5.32 Å². The van der Waals surface area contributed by atoms with Gasteiger partial charge in [-0.3, -0.25) is 19.8 Å². The molecule has 4 rings (SSSR count). The number of halogens is 2. The van der Waals surface area contributed by atoms with Crippen LogP contribution in [0, 0.1) is 0 Å². The molecule has 9 heteroatoms. The molecule has 0 radical (unpaired) electrons. The Morgan fingerprint density at radius 2 is 1.77 bits per heavy atom. The fourth-order valence-electron chi connectivity index (χ4n) is 3.45. The molecule has 1 heterocycles. The molecule has 178 valence electrons. The SMILES string of the molecule is CCOc1cc(C=C2C(=O)NC(=S)N(c3ccccc3)C2=O)cc(Br)c1OCc1ccc(Cl)cc1. The lowest BCUT2D eigenvalue weighted by Crippen LogP contribution is -2.54. The van der Waals surface area contributed by atoms with E-state index < -0.39 is 11.8 Å². The number of anilines is 1. The van der Waals surface area contributed by atoms with Gasteiger partial charge in [0.05, 0.1) is 16.8 Å². The van der Waals surface area contributed by atoms with Gasteiger partial charge in [0.1, 0.15) is 12.2 Å². The molecule has 0 spiro atoms. The van der Waals surface area contributed by atoms with Crippen molar-refractivity contribution in [3.05, 3.63) is 92.9 Å². The Kier molecular flexibility index (Phi) is 7.85. The molecule has 0 aliphatic carbocycles. The second kappa shape index (κ2) is 11.0. The van der Waals surface area contributed by atoms with Crippen LogP contribution in [-0.2, 0) is 16.2 Å². The van der Waals surface area contributed by atoms with Gasteiger partial charge >= 0.3 is 0 Å². The van der Waals surface area contributed by atoms with E-state index >= 15 is 0 Å². The standard InChI is InChI=1S/C26H20BrClN2O4S/c1-2-33-22-14-17(13-21(27)23(22)34-15-16-8-10-18(28)11-9-16)12-20-24(31)29-26(35)30(25(20)32)19-6-4-3-5-7-19/h3-14H,2,15H2,1H3,(H,29,31,35). The van der Waals surface area contributed by atoms with Crippen LogP contribution in [0.3, 0.4) is 0 Å². The van der Waals surface area contributed by atoms with E-state index in [1.807, 2.05) is 25.1 Å². The van der Waals surface area contributed by atoms with Crippen molar-refractivity contribution < 1.29 is 19.1 Å². The van der Waals surface area contributed by atoms with Crippen molar-refractivity contribution in [1.29, 1.82) is 0 Å². The molecule has 0 aromatic heterocycles. The highest BCUT2D eigenvalue weighted by molar-refractivity contribution is 9.10. The summed E-state index contributed by atoms with van der Waals surface area (Å²) in [7, 11) is 0. The normalized spacial score (nSPS) is 14.8. The van der Waals surface area contributed by atoms with Crippen LogP contribution in [-0.4, -0.2) is 23.5 Å². The first-order valence-corrected chi connectivity index (χ1v) is 12.3. The summed E-state index contributed by atoms with van der Waals surface area (Å²) < 4.78 is 12.4. The number of thiocarbonyl (C=S) groups is 1. The minimum absolute atomic E-state index is 0.0329. The number of hydrogen-bond donors (Lipinski definition) is 1. The summed E-state index contributed by atoms with van der Waals surface area (Å²) in [5.41, 5.74) is 2.04. The molecule has 1 aliphatic rings. The van der Waals surface area contributed by atoms with Crippen molar-refractivity contribution in [3.63, 3.8) is 0 Å². The number of carbonyl (C=O) groups is 2. The van der Waals surface area contributed by atoms with E-state index in [1.165, 1.54) is 11.0 Å². The Labute approximate surface area is 221 Å². The fourth-order valence-corrected chi connectivity index (χ4v) is 4.43. The molecule has 0 atom stereocenters. The summed E-state index contributed by atoms with van der Waals surface area (Å²) in [5.74, 6) is -0.0938. The maximum Gasteiger partial charge on any atom is 0.270 e. The Balaban J connectivity index is 1.65. The molecule has 0 saturated carbocycles. The van der Waals surface area contributed by atoms with Gasteiger partial charge in [0.15, 0.2) is 16.6 Å². The van der Waals surface area contributed by atoms with E-state index in [0.29, 0.717) is 45.5 Å². The van der Waals surface area contributed by atoms with E-state index in [0.717, 1.165) is 5.56 Å². The topological polar surface area (TPSA) is 67.9 Å². The lowest BCUT2D eigenvalue weighted by Gasteiger charge is -2.28. The van der Waals surface area contributed by atoms with Gasteiger partial charge < -0.3 is 9.47 Å². The summed E-state index contributed by atoms with van der Waals surface area (Å²) in [4.78, 5) is 27.2. The minimum Gasteiger partial charge on any atom is -0.490 e. The van der Waals surface area contributed by atoms with Gasteiger partial charge in [0.25, 0.3) is 11.8 Å². The highest BCUT2D eigenvalue weighted by atomic mass is 79.9. The molecule has 1 aliphatic heterocycles. The molecule has 0 unspecified atom stereocenters. The fraction of sp³-hybridized carbons (Fsp3) is 0.115. The molecule has 1 fully saturated rings. The van der Waals surface area contributed by atoms with Gasteiger partial charge in [0.2, 0.25) is 0 Å². The number of amides is 2. The highest BCUT2D eigenvalue weighted by Crippen LogP contribution is 2.38. The Morgan fingerprint density at radius 1 is 1.06 bits per heavy atom. The zero-order valence-corrected chi connectivity index (χ0v) is 21.7. The van der Waals surface area contributed by atoms with Gasteiger partial charge in [-0.2, -0.15) is 0 Å². The zero-order valence-electron chi connectivity index (χ0n) is 18.6. The first kappa shape index (κ1) is 24.9. The largest absolute Gasteiger partial charge is 0.490 e. The smallest absolute Gasteiger partial charge is 0.270 e. The van der Waals surface area contributed by atoms with Crippen molar-refractivity contribution in [2.75, 3.05) is 11.5 Å². The quantitative estimate of drug-likeness (QED) is 0.217. The maximum atomic E-state index is 13.2. The number of nitrogens with zero attached hydrogens (tertiary/aromatic N) is 1. The van der Waals surface area contributed by atoms with Crippen molar-refractivity contribution in [2.24, 2.45) is 0 Å². The van der Waals surface area contributed by atoms with Gasteiger partial charge in [-0.25, -0.2) is 0 Å². The molecule has 1 saturated heterocycles. The lowest BCUT2D eigenvalue weighted by atomic mass is 10.1. The van der Waals surface area contributed by atoms with E-state index in [4.69, 9.17) is 33.3 Å². The number of hydrogen-bond acceptors (Lipinski definition) is 5. The predicted octanol–water partition coefficient (Wildman–Crippen LogP) is 5.91. The van der Waals surface area contributed by atoms with Crippen molar-refractivity contribution in [3.8, 4) is 11.5 Å². The van der Waals surface area contributed by atoms with Gasteiger partial charge in [0, 0.05) is 5.02 Å². The summed E-state index contributed by atoms with van der Waals surface area (Å²) in [5, 5.41) is 3.27. The highest BCUT2D eigenvalue weighted by Gasteiger charge is 2.34. The van der Waals surface area contributed by atoms with Crippen molar-refractivity contribution in [2.45, 2.75) is 13.5 Å². The van der Waals surface area contributed by atoms with E-state index in [1.54, 1.807) is 48.5 Å². The molecule has 35 heavy (non-hydrogen) atoms. The molecule has 3 aromatic carbocycles. The summed E-state index contributed by atoms with van der Waals surface area (Å²) >= 11 is 14.7. The summed E-state index contributed by atoms with van der Waals surface area (Å²) in [6.07, 6.45) is 1.51. The molecule has 3 aromatic rings. The number of ether oxygens (including phenoxy) is 2. The number of nitrogens with one attached hydrogen (secondary N) is 1. The number of carbonyl (C=O) groups excluding carboxylic acids is 2. The number of rotatable bonds is 7. The Hall–Kier alpha value is -3.20. The van der Waals surface area contributed by atoms with Gasteiger partial charge in [-0.05, 0) is 88.7 Å². The minimum atomic E-state index is -0.565. The molecule has 0 bridgehead atoms. The lowest BCUT2D eigenvalue weighted by molar-refractivity contribution is -0.122. The van der Waals surface area contributed by atoms with Crippen LogP contribution < -0.4 is 19.7 Å². The second-order valence-corrected chi connectivity index (χ2v) is 9.15. The number of para-hydroxylation sites is 1. The van der Waals surface area contributed by atoms with E-state index in [9.17, 15) is 9.59 Å². The van der Waals surface area contributed by atoms with E-state index in [-0.39, 0.29) is 10.7 Å². The second-order valence-electron chi connectivity index (χ2n) is 7.47. The average molecular weight is 572 g/mol. The molecular formula is C26H20BrClN2O4S. The first-order valence-electron chi connectivity index (χ1n) is 10.7. The zero-order chi connectivity index (χ0) is 24.9. The maximum absolute atomic E-state index is 13.2. The third kappa shape index (κ3) is 5.73. The van der Waals surface area contributed by atoms with Crippen LogP contribution >= 0.6 is 39.7 Å². The average Bonchev–Trinajstić information content (AvgIpc) is 2.83. The van der Waals surface area contributed by atoms with Gasteiger partial charge in [-0.1, -0.05) is 41.9 Å². The molecule has 6 nitrogen and oxygen atoms in total. The Bertz CT molecular complexity index is 1310. The van der Waals surface area contributed by atoms with Crippen LogP contribution in [0.15, 0.2) is 76.8 Å². The third-order valence-corrected chi connectivity index (χ3v) is 6.18.